The number of rotatable bonds is 9. The number of nitrogens with one attached hydrogen (secondary N) is 1. The van der Waals surface area contributed by atoms with Crippen molar-refractivity contribution in [1.29, 1.82) is 0 Å². The SMILES string of the molecule is CCC(C)N(CCOC)C(=O)NC(CC(=O)O)C1CC1. The summed E-state index contributed by atoms with van der Waals surface area (Å²) in [6, 6.07) is -0.335. The van der Waals surface area contributed by atoms with E-state index in [0.717, 1.165) is 19.3 Å². The molecule has 0 saturated heterocycles. The van der Waals surface area contributed by atoms with Crippen molar-refractivity contribution in [2.75, 3.05) is 20.3 Å². The van der Waals surface area contributed by atoms with Gasteiger partial charge in [-0.3, -0.25) is 4.79 Å². The molecule has 1 aliphatic carbocycles. The Morgan fingerprint density at radius 2 is 2.10 bits per heavy atom. The lowest BCUT2D eigenvalue weighted by molar-refractivity contribution is -0.137. The Bertz CT molecular complexity index is 331. The number of methoxy groups -OCH3 is 1. The Labute approximate surface area is 120 Å². The fourth-order valence-corrected chi connectivity index (χ4v) is 2.20. The van der Waals surface area contributed by atoms with Crippen LogP contribution < -0.4 is 5.32 Å². The molecule has 1 rings (SSSR count). The third-order valence-electron chi connectivity index (χ3n) is 3.81. The topological polar surface area (TPSA) is 78.9 Å². The van der Waals surface area contributed by atoms with Crippen molar-refractivity contribution in [2.45, 2.75) is 51.6 Å². The van der Waals surface area contributed by atoms with Crippen LogP contribution in [0.25, 0.3) is 0 Å². The lowest BCUT2D eigenvalue weighted by Gasteiger charge is -2.30. The molecule has 6 nitrogen and oxygen atoms in total. The van der Waals surface area contributed by atoms with E-state index in [0.29, 0.717) is 19.1 Å². The maximum atomic E-state index is 12.3. The first-order valence-corrected chi connectivity index (χ1v) is 7.27. The van der Waals surface area contributed by atoms with Gasteiger partial charge in [-0.2, -0.15) is 0 Å². The molecule has 2 amide bonds. The molecule has 2 unspecified atom stereocenters. The fraction of sp³-hybridized carbons (Fsp3) is 0.857. The molecular formula is C14H26N2O4. The number of carboxylic acid groups (broad SMARTS) is 1. The second-order valence-corrected chi connectivity index (χ2v) is 5.43. The fourth-order valence-electron chi connectivity index (χ4n) is 2.20. The van der Waals surface area contributed by atoms with Crippen LogP contribution in [-0.4, -0.2) is 54.4 Å². The van der Waals surface area contributed by atoms with Gasteiger partial charge in [0.1, 0.15) is 0 Å². The highest BCUT2D eigenvalue weighted by molar-refractivity contribution is 5.76. The third kappa shape index (κ3) is 5.36. The van der Waals surface area contributed by atoms with Crippen LogP contribution >= 0.6 is 0 Å². The second kappa shape index (κ2) is 8.09. The molecule has 20 heavy (non-hydrogen) atoms. The maximum absolute atomic E-state index is 12.3. The number of hydrogen-bond donors (Lipinski definition) is 2. The lowest BCUT2D eigenvalue weighted by atomic mass is 10.1. The average Bonchev–Trinajstić information content (AvgIpc) is 3.21. The summed E-state index contributed by atoms with van der Waals surface area (Å²) >= 11 is 0. The molecule has 0 radical (unpaired) electrons. The molecule has 0 bridgehead atoms. The van der Waals surface area contributed by atoms with E-state index in [4.69, 9.17) is 9.84 Å². The number of aliphatic carboxylic acids is 1. The molecule has 1 aliphatic rings. The van der Waals surface area contributed by atoms with Gasteiger partial charge in [-0.15, -0.1) is 0 Å². The zero-order chi connectivity index (χ0) is 15.1. The van der Waals surface area contributed by atoms with E-state index in [9.17, 15) is 9.59 Å². The first-order chi connectivity index (χ1) is 9.49. The number of urea groups is 1. The number of ether oxygens (including phenoxy) is 1. The van der Waals surface area contributed by atoms with Crippen LogP contribution in [0.2, 0.25) is 0 Å². The summed E-state index contributed by atoms with van der Waals surface area (Å²) in [5.74, 6) is -0.551. The molecule has 0 aliphatic heterocycles. The summed E-state index contributed by atoms with van der Waals surface area (Å²) in [7, 11) is 1.60. The van der Waals surface area contributed by atoms with E-state index in [1.165, 1.54) is 0 Å². The number of hydrogen-bond acceptors (Lipinski definition) is 3. The van der Waals surface area contributed by atoms with Gasteiger partial charge in [0.05, 0.1) is 13.0 Å². The van der Waals surface area contributed by atoms with Gasteiger partial charge in [-0.1, -0.05) is 6.92 Å². The summed E-state index contributed by atoms with van der Waals surface area (Å²) in [6.07, 6.45) is 2.85. The van der Waals surface area contributed by atoms with E-state index in [-0.39, 0.29) is 24.5 Å². The van der Waals surface area contributed by atoms with Crippen molar-refractivity contribution < 1.29 is 19.4 Å². The number of amides is 2. The summed E-state index contributed by atoms with van der Waals surface area (Å²) < 4.78 is 5.03. The van der Waals surface area contributed by atoms with Crippen LogP contribution in [0.1, 0.15) is 39.5 Å². The summed E-state index contributed by atoms with van der Waals surface area (Å²) in [4.78, 5) is 24.9. The number of carbonyl (C=O) groups excluding carboxylic acids is 1. The molecule has 2 atom stereocenters. The normalized spacial score (nSPS) is 17.4. The van der Waals surface area contributed by atoms with Crippen LogP contribution in [-0.2, 0) is 9.53 Å². The highest BCUT2D eigenvalue weighted by atomic mass is 16.5. The largest absolute Gasteiger partial charge is 0.481 e. The van der Waals surface area contributed by atoms with E-state index in [2.05, 4.69) is 5.32 Å². The highest BCUT2D eigenvalue weighted by Gasteiger charge is 2.35. The van der Waals surface area contributed by atoms with E-state index >= 15 is 0 Å². The van der Waals surface area contributed by atoms with E-state index < -0.39 is 5.97 Å². The van der Waals surface area contributed by atoms with Gasteiger partial charge in [-0.25, -0.2) is 4.79 Å². The van der Waals surface area contributed by atoms with E-state index in [1.54, 1.807) is 12.0 Å². The van der Waals surface area contributed by atoms with Crippen LogP contribution in [0, 0.1) is 5.92 Å². The second-order valence-electron chi connectivity index (χ2n) is 5.43. The van der Waals surface area contributed by atoms with Crippen molar-refractivity contribution in [3.63, 3.8) is 0 Å². The lowest BCUT2D eigenvalue weighted by Crippen LogP contribution is -2.50. The molecule has 0 aromatic carbocycles. The molecular weight excluding hydrogens is 260 g/mol. The number of nitrogens with zero attached hydrogens (tertiary/aromatic N) is 1. The van der Waals surface area contributed by atoms with Crippen LogP contribution in [0.4, 0.5) is 4.79 Å². The molecule has 1 fully saturated rings. The van der Waals surface area contributed by atoms with Gasteiger partial charge in [0.25, 0.3) is 0 Å². The van der Waals surface area contributed by atoms with Crippen molar-refractivity contribution in [3.8, 4) is 0 Å². The summed E-state index contributed by atoms with van der Waals surface area (Å²) in [6.45, 7) is 5.00. The first kappa shape index (κ1) is 16.8. The minimum atomic E-state index is -0.866. The predicted molar refractivity (Wildman–Crippen MR) is 75.6 cm³/mol. The Balaban J connectivity index is 2.59. The Morgan fingerprint density at radius 3 is 2.55 bits per heavy atom. The molecule has 1 saturated carbocycles. The van der Waals surface area contributed by atoms with Crippen molar-refractivity contribution in [2.24, 2.45) is 5.92 Å². The zero-order valence-corrected chi connectivity index (χ0v) is 12.6. The van der Waals surface area contributed by atoms with Gasteiger partial charge in [0.2, 0.25) is 0 Å². The van der Waals surface area contributed by atoms with Gasteiger partial charge >= 0.3 is 12.0 Å². The Hall–Kier alpha value is -1.30. The Kier molecular flexibility index (Phi) is 6.78. The minimum Gasteiger partial charge on any atom is -0.481 e. The quantitative estimate of drug-likeness (QED) is 0.676. The van der Waals surface area contributed by atoms with Crippen LogP contribution in [0.15, 0.2) is 0 Å². The zero-order valence-electron chi connectivity index (χ0n) is 12.6. The van der Waals surface area contributed by atoms with Crippen molar-refractivity contribution >= 4 is 12.0 Å². The van der Waals surface area contributed by atoms with Gasteiger partial charge in [0, 0.05) is 25.7 Å². The smallest absolute Gasteiger partial charge is 0.317 e. The maximum Gasteiger partial charge on any atom is 0.317 e. The van der Waals surface area contributed by atoms with E-state index in [1.807, 2.05) is 13.8 Å². The molecule has 2 N–H and O–H groups in total. The molecule has 0 aromatic rings. The van der Waals surface area contributed by atoms with Gasteiger partial charge < -0.3 is 20.1 Å². The number of carboxylic acids is 1. The van der Waals surface area contributed by atoms with Gasteiger partial charge in [0.15, 0.2) is 0 Å². The predicted octanol–water partition coefficient (Wildman–Crippen LogP) is 1.70. The standard InChI is InChI=1S/C14H26N2O4/c1-4-10(2)16(7-8-20-3)14(19)15-12(9-13(17)18)11-5-6-11/h10-12H,4-9H2,1-3H3,(H,15,19)(H,17,18). The van der Waals surface area contributed by atoms with Crippen molar-refractivity contribution in [3.05, 3.63) is 0 Å². The highest BCUT2D eigenvalue weighted by Crippen LogP contribution is 2.34. The summed E-state index contributed by atoms with van der Waals surface area (Å²) in [5, 5.41) is 11.8. The minimum absolute atomic E-state index is 0.00493. The molecule has 0 spiro atoms. The average molecular weight is 286 g/mol. The van der Waals surface area contributed by atoms with Crippen molar-refractivity contribution in [1.82, 2.24) is 10.2 Å². The summed E-state index contributed by atoms with van der Waals surface area (Å²) in [5.41, 5.74) is 0. The third-order valence-corrected chi connectivity index (χ3v) is 3.81. The first-order valence-electron chi connectivity index (χ1n) is 7.27. The van der Waals surface area contributed by atoms with Gasteiger partial charge in [-0.05, 0) is 32.1 Å². The molecule has 0 aromatic heterocycles. The van der Waals surface area contributed by atoms with Crippen LogP contribution in [0.5, 0.6) is 0 Å². The molecule has 116 valence electrons. The monoisotopic (exact) mass is 286 g/mol. The molecule has 0 heterocycles. The number of carbonyl (C=O) groups is 2. The molecule has 6 heteroatoms. The Morgan fingerprint density at radius 1 is 1.45 bits per heavy atom. The van der Waals surface area contributed by atoms with Crippen LogP contribution in [0.3, 0.4) is 0 Å².